The number of para-hydroxylation sites is 1. The summed E-state index contributed by atoms with van der Waals surface area (Å²) in [5.74, 6) is -5.25. The highest BCUT2D eigenvalue weighted by molar-refractivity contribution is 6.08. The first-order chi connectivity index (χ1) is 13.3. The maximum atomic E-state index is 13.7. The molecule has 0 unspecified atom stereocenters. The molecule has 0 bridgehead atoms. The molecule has 0 heterocycles. The van der Waals surface area contributed by atoms with Crippen LogP contribution in [0.15, 0.2) is 60.7 Å². The maximum Gasteiger partial charge on any atom is 0.255 e. The summed E-state index contributed by atoms with van der Waals surface area (Å²) in [7, 11) is 0. The highest BCUT2D eigenvalue weighted by Crippen LogP contribution is 2.20. The maximum absolute atomic E-state index is 13.7. The summed E-state index contributed by atoms with van der Waals surface area (Å²) < 4.78 is 53.9. The van der Waals surface area contributed by atoms with Gasteiger partial charge >= 0.3 is 0 Å². The number of hydrogen-bond donors (Lipinski definition) is 2. The van der Waals surface area contributed by atoms with Crippen molar-refractivity contribution in [2.45, 2.75) is 0 Å². The summed E-state index contributed by atoms with van der Waals surface area (Å²) in [5.41, 5.74) is -0.911. The van der Waals surface area contributed by atoms with E-state index in [2.05, 4.69) is 10.6 Å². The molecule has 0 aromatic heterocycles. The number of rotatable bonds is 4. The Bertz CT molecular complexity index is 1050. The lowest BCUT2D eigenvalue weighted by molar-refractivity contribution is 0.102. The Balaban J connectivity index is 1.79. The number of halogens is 4. The molecule has 0 aliphatic rings. The van der Waals surface area contributed by atoms with E-state index in [1.807, 2.05) is 0 Å². The molecular formula is C20H12F4N2O2. The van der Waals surface area contributed by atoms with Gasteiger partial charge in [0.1, 0.15) is 29.0 Å². The van der Waals surface area contributed by atoms with Crippen molar-refractivity contribution >= 4 is 23.2 Å². The second-order valence-corrected chi connectivity index (χ2v) is 5.71. The Kier molecular flexibility index (Phi) is 5.39. The van der Waals surface area contributed by atoms with Gasteiger partial charge in [0.05, 0.1) is 5.69 Å². The summed E-state index contributed by atoms with van der Waals surface area (Å²) in [6, 6.07) is 11.0. The van der Waals surface area contributed by atoms with Crippen LogP contribution < -0.4 is 10.6 Å². The second-order valence-electron chi connectivity index (χ2n) is 5.71. The lowest BCUT2D eigenvalue weighted by atomic mass is 10.1. The predicted molar refractivity (Wildman–Crippen MR) is 95.1 cm³/mol. The summed E-state index contributed by atoms with van der Waals surface area (Å²) in [6.45, 7) is 0. The molecule has 0 fully saturated rings. The fourth-order valence-electron chi connectivity index (χ4n) is 2.39. The SMILES string of the molecule is O=C(Nc1ccc(F)cc1F)c1cccc(C(=O)Nc2c(F)cccc2F)c1. The van der Waals surface area contributed by atoms with E-state index in [1.165, 1.54) is 24.3 Å². The van der Waals surface area contributed by atoms with E-state index in [0.29, 0.717) is 6.07 Å². The van der Waals surface area contributed by atoms with Crippen molar-refractivity contribution in [3.05, 3.63) is 95.1 Å². The van der Waals surface area contributed by atoms with E-state index >= 15 is 0 Å². The van der Waals surface area contributed by atoms with Gasteiger partial charge < -0.3 is 10.6 Å². The number of benzene rings is 3. The van der Waals surface area contributed by atoms with Crippen molar-refractivity contribution in [1.29, 1.82) is 0 Å². The van der Waals surface area contributed by atoms with Crippen LogP contribution >= 0.6 is 0 Å². The third-order valence-electron chi connectivity index (χ3n) is 3.77. The summed E-state index contributed by atoms with van der Waals surface area (Å²) in [6.07, 6.45) is 0. The standard InChI is InChI=1S/C20H12F4N2O2/c21-13-7-8-17(16(24)10-13)25-19(27)11-3-1-4-12(9-11)20(28)26-18-14(22)5-2-6-15(18)23/h1-10H,(H,25,27)(H,26,28). The molecular weight excluding hydrogens is 376 g/mol. The van der Waals surface area contributed by atoms with Crippen LogP contribution in [0.1, 0.15) is 20.7 Å². The van der Waals surface area contributed by atoms with Gasteiger partial charge in [-0.15, -0.1) is 0 Å². The molecule has 0 radical (unpaired) electrons. The number of carbonyl (C=O) groups excluding carboxylic acids is 2. The van der Waals surface area contributed by atoms with E-state index in [1.54, 1.807) is 0 Å². The van der Waals surface area contributed by atoms with Gasteiger partial charge in [-0.25, -0.2) is 17.6 Å². The molecule has 3 aromatic carbocycles. The Morgan fingerprint density at radius 2 is 1.21 bits per heavy atom. The molecule has 0 aliphatic heterocycles. The summed E-state index contributed by atoms with van der Waals surface area (Å²) in [5, 5.41) is 4.36. The molecule has 0 atom stereocenters. The molecule has 0 aliphatic carbocycles. The lowest BCUT2D eigenvalue weighted by Gasteiger charge is -2.09. The van der Waals surface area contributed by atoms with Crippen molar-refractivity contribution in [2.75, 3.05) is 10.6 Å². The quantitative estimate of drug-likeness (QED) is 0.634. The molecule has 0 saturated carbocycles. The van der Waals surface area contributed by atoms with Crippen molar-refractivity contribution < 1.29 is 27.2 Å². The zero-order valence-electron chi connectivity index (χ0n) is 14.1. The monoisotopic (exact) mass is 388 g/mol. The van der Waals surface area contributed by atoms with Crippen molar-refractivity contribution in [2.24, 2.45) is 0 Å². The van der Waals surface area contributed by atoms with Crippen LogP contribution in [0.25, 0.3) is 0 Å². The van der Waals surface area contributed by atoms with E-state index in [0.717, 1.165) is 30.3 Å². The van der Waals surface area contributed by atoms with Crippen LogP contribution in [0.3, 0.4) is 0 Å². The zero-order valence-corrected chi connectivity index (χ0v) is 14.1. The Labute approximate surface area is 156 Å². The Morgan fingerprint density at radius 1 is 0.643 bits per heavy atom. The van der Waals surface area contributed by atoms with Crippen LogP contribution in [-0.4, -0.2) is 11.8 Å². The largest absolute Gasteiger partial charge is 0.319 e. The first kappa shape index (κ1) is 19.1. The minimum absolute atomic E-state index is 0.00891. The minimum atomic E-state index is -0.961. The van der Waals surface area contributed by atoms with Gasteiger partial charge in [0, 0.05) is 17.2 Å². The Morgan fingerprint density at radius 3 is 1.82 bits per heavy atom. The number of hydrogen-bond acceptors (Lipinski definition) is 2. The average Bonchev–Trinajstić information content (AvgIpc) is 2.67. The van der Waals surface area contributed by atoms with Gasteiger partial charge in [0.25, 0.3) is 11.8 Å². The number of carbonyl (C=O) groups is 2. The predicted octanol–water partition coefficient (Wildman–Crippen LogP) is 4.75. The summed E-state index contributed by atoms with van der Waals surface area (Å²) in [4.78, 5) is 24.5. The molecule has 3 rings (SSSR count). The van der Waals surface area contributed by atoms with E-state index < -0.39 is 40.8 Å². The van der Waals surface area contributed by atoms with Crippen LogP contribution in [-0.2, 0) is 0 Å². The highest BCUT2D eigenvalue weighted by Gasteiger charge is 2.16. The van der Waals surface area contributed by atoms with Crippen molar-refractivity contribution in [1.82, 2.24) is 0 Å². The smallest absolute Gasteiger partial charge is 0.255 e. The van der Waals surface area contributed by atoms with Gasteiger partial charge in [0.15, 0.2) is 0 Å². The zero-order chi connectivity index (χ0) is 20.3. The molecule has 2 amide bonds. The van der Waals surface area contributed by atoms with Crippen molar-refractivity contribution in [3.8, 4) is 0 Å². The number of nitrogens with one attached hydrogen (secondary N) is 2. The fourth-order valence-corrected chi connectivity index (χ4v) is 2.39. The molecule has 8 heteroatoms. The molecule has 3 aromatic rings. The van der Waals surface area contributed by atoms with Gasteiger partial charge in [-0.05, 0) is 42.5 Å². The van der Waals surface area contributed by atoms with Crippen molar-refractivity contribution in [3.63, 3.8) is 0 Å². The van der Waals surface area contributed by atoms with Crippen LogP contribution in [0.4, 0.5) is 28.9 Å². The molecule has 142 valence electrons. The topological polar surface area (TPSA) is 58.2 Å². The van der Waals surface area contributed by atoms with E-state index in [9.17, 15) is 27.2 Å². The van der Waals surface area contributed by atoms with E-state index in [4.69, 9.17) is 0 Å². The minimum Gasteiger partial charge on any atom is -0.319 e. The molecule has 2 N–H and O–H groups in total. The van der Waals surface area contributed by atoms with Crippen LogP contribution in [0.5, 0.6) is 0 Å². The van der Waals surface area contributed by atoms with Crippen LogP contribution in [0, 0.1) is 23.3 Å². The number of amides is 2. The highest BCUT2D eigenvalue weighted by atomic mass is 19.1. The molecule has 28 heavy (non-hydrogen) atoms. The third kappa shape index (κ3) is 4.17. The molecule has 0 spiro atoms. The first-order valence-corrected chi connectivity index (χ1v) is 7.97. The summed E-state index contributed by atoms with van der Waals surface area (Å²) >= 11 is 0. The van der Waals surface area contributed by atoms with Crippen LogP contribution in [0.2, 0.25) is 0 Å². The first-order valence-electron chi connectivity index (χ1n) is 7.97. The molecule has 4 nitrogen and oxygen atoms in total. The van der Waals surface area contributed by atoms with Gasteiger partial charge in [-0.1, -0.05) is 12.1 Å². The second kappa shape index (κ2) is 7.91. The normalized spacial score (nSPS) is 10.4. The van der Waals surface area contributed by atoms with E-state index in [-0.39, 0.29) is 16.8 Å². The van der Waals surface area contributed by atoms with Gasteiger partial charge in [-0.2, -0.15) is 0 Å². The number of anilines is 2. The fraction of sp³-hybridized carbons (Fsp3) is 0. The van der Waals surface area contributed by atoms with Gasteiger partial charge in [-0.3, -0.25) is 9.59 Å². The third-order valence-corrected chi connectivity index (χ3v) is 3.77. The Hall–Kier alpha value is -3.68. The molecule has 0 saturated heterocycles. The van der Waals surface area contributed by atoms with Gasteiger partial charge in [0.2, 0.25) is 0 Å². The lowest BCUT2D eigenvalue weighted by Crippen LogP contribution is -2.17. The average molecular weight is 388 g/mol.